The molecular weight excluding hydrogens is 306 g/mol. The molecular formula is C15H18BrNS. The summed E-state index contributed by atoms with van der Waals surface area (Å²) in [6.07, 6.45) is 1.98. The SMILES string of the molecule is CCc1ccc(CC(C)(N)c2cccc(Br)c2)s1. The van der Waals surface area contributed by atoms with E-state index in [2.05, 4.69) is 54.0 Å². The van der Waals surface area contributed by atoms with Crippen molar-refractivity contribution in [3.8, 4) is 0 Å². The molecule has 0 amide bonds. The van der Waals surface area contributed by atoms with Crippen LogP contribution in [0.3, 0.4) is 0 Å². The Balaban J connectivity index is 2.20. The molecule has 1 heterocycles. The summed E-state index contributed by atoms with van der Waals surface area (Å²) in [6.45, 7) is 4.28. The molecule has 1 nitrogen and oxygen atoms in total. The van der Waals surface area contributed by atoms with Gasteiger partial charge in [0.2, 0.25) is 0 Å². The fraction of sp³-hybridized carbons (Fsp3) is 0.333. The lowest BCUT2D eigenvalue weighted by molar-refractivity contribution is 0.495. The summed E-state index contributed by atoms with van der Waals surface area (Å²) in [5, 5.41) is 0. The molecule has 2 rings (SSSR count). The van der Waals surface area contributed by atoms with Crippen molar-refractivity contribution in [3.63, 3.8) is 0 Å². The highest BCUT2D eigenvalue weighted by molar-refractivity contribution is 9.10. The lowest BCUT2D eigenvalue weighted by Gasteiger charge is -2.25. The van der Waals surface area contributed by atoms with Gasteiger partial charge < -0.3 is 5.73 Å². The smallest absolute Gasteiger partial charge is 0.0430 e. The molecule has 18 heavy (non-hydrogen) atoms. The van der Waals surface area contributed by atoms with Crippen molar-refractivity contribution < 1.29 is 0 Å². The summed E-state index contributed by atoms with van der Waals surface area (Å²) in [5.74, 6) is 0. The topological polar surface area (TPSA) is 26.0 Å². The van der Waals surface area contributed by atoms with Crippen LogP contribution in [0.2, 0.25) is 0 Å². The van der Waals surface area contributed by atoms with E-state index in [1.165, 1.54) is 15.3 Å². The Morgan fingerprint density at radius 3 is 2.56 bits per heavy atom. The second kappa shape index (κ2) is 5.55. The molecule has 0 saturated carbocycles. The van der Waals surface area contributed by atoms with Crippen molar-refractivity contribution in [2.45, 2.75) is 32.2 Å². The molecule has 1 unspecified atom stereocenters. The van der Waals surface area contributed by atoms with Gasteiger partial charge >= 0.3 is 0 Å². The van der Waals surface area contributed by atoms with Gasteiger partial charge in [-0.1, -0.05) is 35.0 Å². The first-order valence-electron chi connectivity index (χ1n) is 6.14. The van der Waals surface area contributed by atoms with Gasteiger partial charge in [0, 0.05) is 26.2 Å². The highest BCUT2D eigenvalue weighted by Gasteiger charge is 2.22. The molecule has 0 spiro atoms. The minimum atomic E-state index is -0.320. The predicted octanol–water partition coefficient (Wildman–Crippen LogP) is 4.49. The fourth-order valence-electron chi connectivity index (χ4n) is 2.02. The van der Waals surface area contributed by atoms with Crippen molar-refractivity contribution in [1.82, 2.24) is 0 Å². The highest BCUT2D eigenvalue weighted by atomic mass is 79.9. The summed E-state index contributed by atoms with van der Waals surface area (Å²) in [5.41, 5.74) is 7.33. The van der Waals surface area contributed by atoms with Crippen LogP contribution in [0.25, 0.3) is 0 Å². The van der Waals surface area contributed by atoms with Crippen LogP contribution in [0, 0.1) is 0 Å². The molecule has 0 aliphatic heterocycles. The van der Waals surface area contributed by atoms with Gasteiger partial charge in [0.05, 0.1) is 0 Å². The summed E-state index contributed by atoms with van der Waals surface area (Å²) in [6, 6.07) is 12.7. The molecule has 0 saturated heterocycles. The summed E-state index contributed by atoms with van der Waals surface area (Å²) in [7, 11) is 0. The number of benzene rings is 1. The maximum atomic E-state index is 6.48. The largest absolute Gasteiger partial charge is 0.321 e. The Hall–Kier alpha value is -0.640. The fourth-order valence-corrected chi connectivity index (χ4v) is 3.54. The van der Waals surface area contributed by atoms with Crippen LogP contribution >= 0.6 is 27.3 Å². The Morgan fingerprint density at radius 1 is 1.22 bits per heavy atom. The zero-order valence-electron chi connectivity index (χ0n) is 10.7. The third-order valence-electron chi connectivity index (χ3n) is 3.09. The van der Waals surface area contributed by atoms with Crippen LogP contribution in [-0.2, 0) is 18.4 Å². The van der Waals surface area contributed by atoms with Crippen molar-refractivity contribution in [2.24, 2.45) is 5.73 Å². The van der Waals surface area contributed by atoms with Gasteiger partial charge in [-0.05, 0) is 43.2 Å². The normalized spacial score (nSPS) is 14.4. The molecule has 1 atom stereocenters. The summed E-state index contributed by atoms with van der Waals surface area (Å²) < 4.78 is 1.08. The van der Waals surface area contributed by atoms with E-state index in [-0.39, 0.29) is 5.54 Å². The quantitative estimate of drug-likeness (QED) is 0.881. The standard InChI is InChI=1S/C15H18BrNS/c1-3-13-7-8-14(18-13)10-15(2,17)11-5-4-6-12(16)9-11/h4-9H,3,10,17H2,1-2H3. The van der Waals surface area contributed by atoms with Crippen molar-refractivity contribution in [3.05, 3.63) is 56.2 Å². The summed E-state index contributed by atoms with van der Waals surface area (Å²) >= 11 is 5.37. The van der Waals surface area contributed by atoms with E-state index in [9.17, 15) is 0 Å². The first-order valence-corrected chi connectivity index (χ1v) is 7.75. The second-order valence-corrected chi connectivity index (χ2v) is 6.99. The molecule has 0 aliphatic carbocycles. The van der Waals surface area contributed by atoms with Crippen molar-refractivity contribution in [2.75, 3.05) is 0 Å². The molecule has 0 fully saturated rings. The molecule has 0 radical (unpaired) electrons. The van der Waals surface area contributed by atoms with Gasteiger partial charge in [-0.3, -0.25) is 0 Å². The number of nitrogens with two attached hydrogens (primary N) is 1. The number of hydrogen-bond acceptors (Lipinski definition) is 2. The van der Waals surface area contributed by atoms with Crippen LogP contribution in [0.5, 0.6) is 0 Å². The van der Waals surface area contributed by atoms with Gasteiger partial charge in [-0.25, -0.2) is 0 Å². The average molecular weight is 324 g/mol. The molecule has 0 bridgehead atoms. The molecule has 3 heteroatoms. The zero-order chi connectivity index (χ0) is 13.2. The second-order valence-electron chi connectivity index (χ2n) is 4.83. The van der Waals surface area contributed by atoms with Crippen molar-refractivity contribution >= 4 is 27.3 Å². The van der Waals surface area contributed by atoms with E-state index in [1.54, 1.807) is 0 Å². The first kappa shape index (κ1) is 13.8. The van der Waals surface area contributed by atoms with E-state index in [0.717, 1.165) is 17.3 Å². The number of rotatable bonds is 4. The molecule has 2 aromatic rings. The van der Waals surface area contributed by atoms with E-state index >= 15 is 0 Å². The van der Waals surface area contributed by atoms with Gasteiger partial charge in [0.1, 0.15) is 0 Å². The number of aryl methyl sites for hydroxylation is 1. The molecule has 96 valence electrons. The lowest BCUT2D eigenvalue weighted by atomic mass is 9.89. The van der Waals surface area contributed by atoms with Gasteiger partial charge in [-0.2, -0.15) is 0 Å². The Morgan fingerprint density at radius 2 is 1.94 bits per heavy atom. The van der Waals surface area contributed by atoms with Crippen LogP contribution in [0.1, 0.15) is 29.2 Å². The van der Waals surface area contributed by atoms with E-state index in [4.69, 9.17) is 5.73 Å². The minimum absolute atomic E-state index is 0.320. The first-order chi connectivity index (χ1) is 8.51. The number of halogens is 1. The monoisotopic (exact) mass is 323 g/mol. The van der Waals surface area contributed by atoms with Crippen molar-refractivity contribution in [1.29, 1.82) is 0 Å². The molecule has 2 N–H and O–H groups in total. The lowest BCUT2D eigenvalue weighted by Crippen LogP contribution is -2.35. The molecule has 0 aliphatic rings. The maximum absolute atomic E-state index is 6.48. The van der Waals surface area contributed by atoms with Crippen LogP contribution in [-0.4, -0.2) is 0 Å². The van der Waals surface area contributed by atoms with Gasteiger partial charge in [-0.15, -0.1) is 11.3 Å². The highest BCUT2D eigenvalue weighted by Crippen LogP contribution is 2.28. The third kappa shape index (κ3) is 3.22. The van der Waals surface area contributed by atoms with E-state index in [0.29, 0.717) is 0 Å². The Bertz CT molecular complexity index is 531. The number of hydrogen-bond donors (Lipinski definition) is 1. The molecule has 1 aromatic carbocycles. The maximum Gasteiger partial charge on any atom is 0.0430 e. The van der Waals surface area contributed by atoms with E-state index in [1.807, 2.05) is 23.5 Å². The van der Waals surface area contributed by atoms with Gasteiger partial charge in [0.15, 0.2) is 0 Å². The average Bonchev–Trinajstić information content (AvgIpc) is 2.76. The third-order valence-corrected chi connectivity index (χ3v) is 4.81. The minimum Gasteiger partial charge on any atom is -0.321 e. The van der Waals surface area contributed by atoms with E-state index < -0.39 is 0 Å². The predicted molar refractivity (Wildman–Crippen MR) is 83.1 cm³/mol. The Labute approximate surface area is 121 Å². The zero-order valence-corrected chi connectivity index (χ0v) is 13.1. The Kier molecular flexibility index (Phi) is 4.25. The van der Waals surface area contributed by atoms with Crippen LogP contribution < -0.4 is 5.73 Å². The summed E-state index contributed by atoms with van der Waals surface area (Å²) in [4.78, 5) is 2.78. The molecule has 1 aromatic heterocycles. The number of thiophene rings is 1. The van der Waals surface area contributed by atoms with Crippen LogP contribution in [0.4, 0.5) is 0 Å². The van der Waals surface area contributed by atoms with Crippen LogP contribution in [0.15, 0.2) is 40.9 Å². The van der Waals surface area contributed by atoms with Gasteiger partial charge in [0.25, 0.3) is 0 Å².